The lowest BCUT2D eigenvalue weighted by atomic mass is 10.2. The third-order valence-electron chi connectivity index (χ3n) is 1.90. The van der Waals surface area contributed by atoms with Crippen LogP contribution < -0.4 is 0 Å². The molecule has 0 unspecified atom stereocenters. The topological polar surface area (TPSA) is 12.5 Å². The third-order valence-corrected chi connectivity index (χ3v) is 2.15. The van der Waals surface area contributed by atoms with Crippen molar-refractivity contribution in [2.45, 2.75) is 39.8 Å². The normalized spacial score (nSPS) is 11.4. The molecule has 0 aliphatic heterocycles. The van der Waals surface area contributed by atoms with E-state index in [9.17, 15) is 0 Å². The van der Waals surface area contributed by atoms with Crippen molar-refractivity contribution in [3.05, 3.63) is 0 Å². The highest BCUT2D eigenvalue weighted by Crippen LogP contribution is 2.04. The zero-order chi connectivity index (χ0) is 10.4. The van der Waals surface area contributed by atoms with Gasteiger partial charge in [0.1, 0.15) is 6.61 Å². The fraction of sp³-hybridized carbons (Fsp3) is 0.889. The molecule has 0 spiro atoms. The molecular weight excluding hydrogens is 202 g/mol. The molecule has 0 radical (unpaired) electrons. The van der Waals surface area contributed by atoms with Crippen molar-refractivity contribution in [1.82, 2.24) is 4.90 Å². The first-order valence-corrected chi connectivity index (χ1v) is 5.42. The summed E-state index contributed by atoms with van der Waals surface area (Å²) in [6, 6.07) is 1.08. The second kappa shape index (κ2) is 6.62. The average Bonchev–Trinajstić information content (AvgIpc) is 1.95. The summed E-state index contributed by atoms with van der Waals surface area (Å²) in [5, 5.41) is 0. The maximum absolute atomic E-state index is 5.13. The van der Waals surface area contributed by atoms with Gasteiger partial charge in [0.2, 0.25) is 4.38 Å². The molecule has 0 aromatic carbocycles. The molecule has 0 bridgehead atoms. The van der Waals surface area contributed by atoms with E-state index in [2.05, 4.69) is 45.2 Å². The van der Waals surface area contributed by atoms with Gasteiger partial charge in [-0.05, 0) is 39.9 Å². The lowest BCUT2D eigenvalue weighted by Gasteiger charge is -2.30. The van der Waals surface area contributed by atoms with Crippen molar-refractivity contribution < 1.29 is 4.74 Å². The summed E-state index contributed by atoms with van der Waals surface area (Å²) >= 11 is 8.60. The number of ether oxygens (including phenoxy) is 1. The molecule has 0 fully saturated rings. The van der Waals surface area contributed by atoms with Gasteiger partial charge in [-0.2, -0.15) is 0 Å². The van der Waals surface area contributed by atoms with Crippen molar-refractivity contribution in [3.63, 3.8) is 0 Å². The molecular formula is C9H19NOS2. The van der Waals surface area contributed by atoms with Crippen LogP contribution in [-0.4, -0.2) is 34.5 Å². The Labute approximate surface area is 92.0 Å². The minimum Gasteiger partial charge on any atom is -0.477 e. The van der Waals surface area contributed by atoms with Gasteiger partial charge < -0.3 is 4.74 Å². The van der Waals surface area contributed by atoms with Crippen molar-refractivity contribution in [1.29, 1.82) is 0 Å². The van der Waals surface area contributed by atoms with Crippen molar-refractivity contribution >= 4 is 29.2 Å². The Morgan fingerprint density at radius 2 is 1.77 bits per heavy atom. The van der Waals surface area contributed by atoms with E-state index >= 15 is 0 Å². The Morgan fingerprint density at radius 3 is 2.08 bits per heavy atom. The zero-order valence-electron chi connectivity index (χ0n) is 8.78. The van der Waals surface area contributed by atoms with E-state index in [0.717, 1.165) is 6.54 Å². The Balaban J connectivity index is 3.77. The molecule has 0 aliphatic carbocycles. The fourth-order valence-corrected chi connectivity index (χ4v) is 1.53. The van der Waals surface area contributed by atoms with Gasteiger partial charge in [0.25, 0.3) is 0 Å². The summed E-state index contributed by atoms with van der Waals surface area (Å²) in [7, 11) is 0. The molecule has 0 aliphatic rings. The lowest BCUT2D eigenvalue weighted by molar-refractivity contribution is 0.141. The largest absolute Gasteiger partial charge is 0.477 e. The molecule has 4 heteroatoms. The molecule has 2 nitrogen and oxygen atoms in total. The van der Waals surface area contributed by atoms with Gasteiger partial charge in [0, 0.05) is 18.6 Å². The summed E-state index contributed by atoms with van der Waals surface area (Å²) in [6.07, 6.45) is 0. The summed E-state index contributed by atoms with van der Waals surface area (Å²) < 4.78 is 5.45. The summed E-state index contributed by atoms with van der Waals surface area (Å²) in [4.78, 5) is 2.35. The molecule has 0 aromatic rings. The van der Waals surface area contributed by atoms with Gasteiger partial charge in [-0.15, -0.1) is 0 Å². The summed E-state index contributed by atoms with van der Waals surface area (Å²) in [5.41, 5.74) is 0. The monoisotopic (exact) mass is 221 g/mol. The highest BCUT2D eigenvalue weighted by Gasteiger charge is 2.12. The Morgan fingerprint density at radius 1 is 1.31 bits per heavy atom. The summed E-state index contributed by atoms with van der Waals surface area (Å²) in [5.74, 6) is 0. The van der Waals surface area contributed by atoms with Gasteiger partial charge in [-0.3, -0.25) is 4.90 Å². The van der Waals surface area contributed by atoms with Crippen molar-refractivity contribution in [2.24, 2.45) is 0 Å². The van der Waals surface area contributed by atoms with Crippen LogP contribution in [0.15, 0.2) is 0 Å². The first kappa shape index (κ1) is 13.2. The third kappa shape index (κ3) is 6.29. The lowest BCUT2D eigenvalue weighted by Crippen LogP contribution is -2.39. The van der Waals surface area contributed by atoms with Crippen molar-refractivity contribution in [2.75, 3.05) is 13.2 Å². The highest BCUT2D eigenvalue weighted by atomic mass is 32.1. The quantitative estimate of drug-likeness (QED) is 0.565. The first-order chi connectivity index (χ1) is 5.95. The van der Waals surface area contributed by atoms with E-state index in [0.29, 0.717) is 23.1 Å². The van der Waals surface area contributed by atoms with E-state index in [-0.39, 0.29) is 0 Å². The molecule has 0 saturated heterocycles. The second-order valence-electron chi connectivity index (χ2n) is 3.54. The molecule has 0 amide bonds. The minimum absolute atomic E-state index is 0.326. The number of rotatable bonds is 5. The highest BCUT2D eigenvalue weighted by molar-refractivity contribution is 8.10. The SMILES string of the molecule is CC(C)N(CCOC(=S)S)C(C)C. The molecule has 0 N–H and O–H groups in total. The summed E-state index contributed by atoms with van der Waals surface area (Å²) in [6.45, 7) is 10.2. The van der Waals surface area contributed by atoms with Crippen LogP contribution in [0, 0.1) is 0 Å². The van der Waals surface area contributed by atoms with Crippen molar-refractivity contribution in [3.8, 4) is 0 Å². The zero-order valence-corrected chi connectivity index (χ0v) is 10.5. The van der Waals surface area contributed by atoms with E-state index in [4.69, 9.17) is 17.0 Å². The molecule has 0 heterocycles. The number of thiocarbonyl (C=S) groups is 1. The van der Waals surface area contributed by atoms with Gasteiger partial charge in [-0.1, -0.05) is 12.6 Å². The van der Waals surface area contributed by atoms with Crippen LogP contribution >= 0.6 is 24.8 Å². The Hall–Kier alpha value is 0.200. The Bertz CT molecular complexity index is 152. The molecule has 13 heavy (non-hydrogen) atoms. The standard InChI is InChI=1S/C9H19NOS2/c1-7(2)10(8(3)4)5-6-11-9(12)13/h7-8H,5-6H2,1-4H3,(H,12,13). The predicted molar refractivity (Wildman–Crippen MR) is 64.5 cm³/mol. The van der Waals surface area contributed by atoms with Crippen LogP contribution in [0.5, 0.6) is 0 Å². The molecule has 0 aromatic heterocycles. The van der Waals surface area contributed by atoms with E-state index in [1.807, 2.05) is 0 Å². The van der Waals surface area contributed by atoms with Crippen LogP contribution in [0.25, 0.3) is 0 Å². The van der Waals surface area contributed by atoms with Crippen LogP contribution in [0.1, 0.15) is 27.7 Å². The van der Waals surface area contributed by atoms with Gasteiger partial charge >= 0.3 is 0 Å². The smallest absolute Gasteiger partial charge is 0.216 e. The molecule has 0 atom stereocenters. The Kier molecular flexibility index (Phi) is 6.73. The number of hydrogen-bond donors (Lipinski definition) is 1. The molecule has 0 rings (SSSR count). The van der Waals surface area contributed by atoms with E-state index in [1.165, 1.54) is 0 Å². The van der Waals surface area contributed by atoms with Crippen LogP contribution in [0.2, 0.25) is 0 Å². The van der Waals surface area contributed by atoms with Crippen LogP contribution in [0.3, 0.4) is 0 Å². The van der Waals surface area contributed by atoms with Gasteiger partial charge in [0.15, 0.2) is 0 Å². The van der Waals surface area contributed by atoms with E-state index < -0.39 is 0 Å². The van der Waals surface area contributed by atoms with Gasteiger partial charge in [0.05, 0.1) is 0 Å². The van der Waals surface area contributed by atoms with E-state index in [1.54, 1.807) is 0 Å². The first-order valence-electron chi connectivity index (χ1n) is 4.56. The number of nitrogens with zero attached hydrogens (tertiary/aromatic N) is 1. The minimum atomic E-state index is 0.326. The fourth-order valence-electron chi connectivity index (χ4n) is 1.35. The van der Waals surface area contributed by atoms with Crippen LogP contribution in [0.4, 0.5) is 0 Å². The maximum Gasteiger partial charge on any atom is 0.216 e. The maximum atomic E-state index is 5.13. The van der Waals surface area contributed by atoms with Gasteiger partial charge in [-0.25, -0.2) is 0 Å². The average molecular weight is 221 g/mol. The molecule has 0 saturated carbocycles. The molecule has 78 valence electrons. The number of hydrogen-bond acceptors (Lipinski definition) is 3. The predicted octanol–water partition coefficient (Wildman–Crippen LogP) is 2.34. The van der Waals surface area contributed by atoms with Crippen LogP contribution in [-0.2, 0) is 4.74 Å². The second-order valence-corrected chi connectivity index (χ2v) is 4.62. The number of thiol groups is 1.